The average Bonchev–Trinajstić information content (AvgIpc) is 3.36. The van der Waals surface area contributed by atoms with Gasteiger partial charge in [0.2, 0.25) is 0 Å². The van der Waals surface area contributed by atoms with Crippen molar-refractivity contribution in [3.8, 4) is 11.1 Å². The number of furan rings is 1. The summed E-state index contributed by atoms with van der Waals surface area (Å²) >= 11 is 0. The van der Waals surface area contributed by atoms with Crippen molar-refractivity contribution in [2.75, 3.05) is 0 Å². The first-order chi connectivity index (χ1) is 14.5. The zero-order valence-corrected chi connectivity index (χ0v) is 19.3. The van der Waals surface area contributed by atoms with Crippen LogP contribution in [0.2, 0.25) is 19.6 Å². The topological polar surface area (TPSA) is 13.1 Å². The Bertz CT molecular complexity index is 1270. The predicted octanol–water partition coefficient (Wildman–Crippen LogP) is 7.30. The van der Waals surface area contributed by atoms with E-state index in [0.29, 0.717) is 0 Å². The number of hydrogen-bond acceptors (Lipinski definition) is 1. The third kappa shape index (κ3) is 3.16. The van der Waals surface area contributed by atoms with Gasteiger partial charge in [0.1, 0.15) is 5.76 Å². The molecule has 0 saturated heterocycles. The number of hydrogen-bond donors (Lipinski definition) is 0. The second-order valence-corrected chi connectivity index (χ2v) is 14.4. The van der Waals surface area contributed by atoms with Crippen molar-refractivity contribution in [1.82, 2.24) is 0 Å². The van der Waals surface area contributed by atoms with Gasteiger partial charge in [-0.25, -0.2) is 0 Å². The number of rotatable bonds is 4. The molecule has 0 bridgehead atoms. The smallest absolute Gasteiger partial charge is 0.138 e. The Labute approximate surface area is 180 Å². The minimum absolute atomic E-state index is 0.927. The molecule has 0 spiro atoms. The predicted molar refractivity (Wildman–Crippen MR) is 132 cm³/mol. The van der Waals surface area contributed by atoms with Gasteiger partial charge in [-0.1, -0.05) is 92.4 Å². The fourth-order valence-corrected chi connectivity index (χ4v) is 5.78. The molecule has 2 heteroatoms. The van der Waals surface area contributed by atoms with Crippen LogP contribution in [-0.4, -0.2) is 8.07 Å². The summed E-state index contributed by atoms with van der Waals surface area (Å²) < 4.78 is 6.02. The molecule has 0 fully saturated rings. The van der Waals surface area contributed by atoms with Gasteiger partial charge in [-0.05, 0) is 40.3 Å². The molecule has 1 heterocycles. The molecule has 0 amide bonds. The van der Waals surface area contributed by atoms with Crippen molar-refractivity contribution >= 4 is 35.7 Å². The molecule has 1 aliphatic carbocycles. The highest BCUT2D eigenvalue weighted by Gasteiger charge is 2.23. The fraction of sp³-hybridized carbons (Fsp3) is 0.214. The Hall–Kier alpha value is -2.84. The minimum Gasteiger partial charge on any atom is -0.463 e. The molecule has 1 nitrogen and oxygen atoms in total. The molecule has 0 unspecified atom stereocenters. The molecular formula is C28H28OSi. The van der Waals surface area contributed by atoms with Gasteiger partial charge in [-0.2, -0.15) is 0 Å². The monoisotopic (exact) mass is 408 g/mol. The van der Waals surface area contributed by atoms with Crippen molar-refractivity contribution < 1.29 is 4.42 Å². The van der Waals surface area contributed by atoms with Crippen LogP contribution in [0, 0.1) is 0 Å². The van der Waals surface area contributed by atoms with Gasteiger partial charge in [0.25, 0.3) is 0 Å². The molecule has 30 heavy (non-hydrogen) atoms. The van der Waals surface area contributed by atoms with Crippen LogP contribution >= 0.6 is 0 Å². The van der Waals surface area contributed by atoms with Crippen molar-refractivity contribution in [1.29, 1.82) is 0 Å². The highest BCUT2D eigenvalue weighted by Crippen LogP contribution is 2.41. The van der Waals surface area contributed by atoms with E-state index in [9.17, 15) is 0 Å². The first-order valence-corrected chi connectivity index (χ1v) is 14.4. The Morgan fingerprint density at radius 2 is 1.67 bits per heavy atom. The summed E-state index contributed by atoms with van der Waals surface area (Å²) in [7, 11) is -1.30. The summed E-state index contributed by atoms with van der Waals surface area (Å²) in [4.78, 5) is 0. The highest BCUT2D eigenvalue weighted by molar-refractivity contribution is 6.88. The summed E-state index contributed by atoms with van der Waals surface area (Å²) in [5, 5.41) is 3.88. The first-order valence-electron chi connectivity index (χ1n) is 10.9. The molecule has 4 aromatic rings. The molecule has 0 atom stereocenters. The van der Waals surface area contributed by atoms with Crippen molar-refractivity contribution in [2.45, 2.75) is 39.4 Å². The molecule has 3 aromatic carbocycles. The highest BCUT2D eigenvalue weighted by atomic mass is 28.3. The summed E-state index contributed by atoms with van der Waals surface area (Å²) in [6, 6.07) is 22.4. The van der Waals surface area contributed by atoms with Crippen LogP contribution in [-0.2, 0) is 12.8 Å². The van der Waals surface area contributed by atoms with Gasteiger partial charge in [0.15, 0.2) is 0 Å². The number of allylic oxidation sites excluding steroid dienone is 1. The standard InChI is InChI=1S/C28H28OSi/c1-5-19-10-11-21-16-23(28-25-9-7-6-8-22(25)18-29-28)17-26(21)27(19)20-12-14-24(15-13-20)30(2,3)4/h6-15,17-18H,5,16H2,1-4H3. The Morgan fingerprint density at radius 1 is 0.900 bits per heavy atom. The van der Waals surface area contributed by atoms with E-state index in [4.69, 9.17) is 4.42 Å². The lowest BCUT2D eigenvalue weighted by Gasteiger charge is -2.18. The summed E-state index contributed by atoms with van der Waals surface area (Å²) in [6.07, 6.45) is 6.20. The van der Waals surface area contributed by atoms with Crippen LogP contribution in [0.5, 0.6) is 0 Å². The van der Waals surface area contributed by atoms with Crippen molar-refractivity contribution in [3.63, 3.8) is 0 Å². The van der Waals surface area contributed by atoms with Crippen LogP contribution in [0.25, 0.3) is 33.5 Å². The number of fused-ring (bicyclic) bond motifs is 2. The fourth-order valence-electron chi connectivity index (χ4n) is 4.62. The molecule has 1 aromatic heterocycles. The van der Waals surface area contributed by atoms with E-state index < -0.39 is 8.07 Å². The number of benzene rings is 3. The normalized spacial score (nSPS) is 13.5. The molecule has 5 rings (SSSR count). The SMILES string of the molecule is CCc1ccc2c(c1-c1ccc([Si](C)(C)C)cc1)C=C(c1occ3ccccc13)C2. The van der Waals surface area contributed by atoms with Gasteiger partial charge >= 0.3 is 0 Å². The summed E-state index contributed by atoms with van der Waals surface area (Å²) in [5.74, 6) is 1.01. The summed E-state index contributed by atoms with van der Waals surface area (Å²) in [6.45, 7) is 9.47. The van der Waals surface area contributed by atoms with Gasteiger partial charge in [0, 0.05) is 22.8 Å². The van der Waals surface area contributed by atoms with Crippen LogP contribution in [0.4, 0.5) is 0 Å². The maximum atomic E-state index is 6.02. The quantitative estimate of drug-likeness (QED) is 0.323. The first kappa shape index (κ1) is 19.1. The Balaban J connectivity index is 1.64. The second kappa shape index (κ2) is 7.14. The van der Waals surface area contributed by atoms with Crippen LogP contribution in [0.15, 0.2) is 71.3 Å². The zero-order valence-electron chi connectivity index (χ0n) is 18.3. The van der Waals surface area contributed by atoms with E-state index in [1.165, 1.54) is 49.3 Å². The van der Waals surface area contributed by atoms with E-state index in [2.05, 4.69) is 93.3 Å². The van der Waals surface area contributed by atoms with E-state index in [0.717, 1.165) is 18.6 Å². The molecule has 0 N–H and O–H groups in total. The molecule has 0 aliphatic heterocycles. The third-order valence-electron chi connectivity index (χ3n) is 6.34. The second-order valence-electron chi connectivity index (χ2n) is 9.35. The Morgan fingerprint density at radius 3 is 2.40 bits per heavy atom. The summed E-state index contributed by atoms with van der Waals surface area (Å²) in [5.41, 5.74) is 8.17. The molecule has 0 saturated carbocycles. The van der Waals surface area contributed by atoms with E-state index >= 15 is 0 Å². The van der Waals surface area contributed by atoms with Crippen molar-refractivity contribution in [2.24, 2.45) is 0 Å². The zero-order chi connectivity index (χ0) is 20.9. The van der Waals surface area contributed by atoms with Crippen LogP contribution in [0.1, 0.15) is 29.4 Å². The lowest BCUT2D eigenvalue weighted by Crippen LogP contribution is -2.37. The Kier molecular flexibility index (Phi) is 4.55. The third-order valence-corrected chi connectivity index (χ3v) is 8.41. The maximum absolute atomic E-state index is 6.02. The number of aryl methyl sites for hydroxylation is 1. The van der Waals surface area contributed by atoms with Gasteiger partial charge < -0.3 is 4.42 Å². The van der Waals surface area contributed by atoms with Gasteiger partial charge in [-0.3, -0.25) is 0 Å². The van der Waals surface area contributed by atoms with Gasteiger partial charge in [0.05, 0.1) is 14.3 Å². The van der Waals surface area contributed by atoms with Crippen LogP contribution < -0.4 is 5.19 Å². The molecule has 150 valence electrons. The lowest BCUT2D eigenvalue weighted by atomic mass is 9.91. The van der Waals surface area contributed by atoms with E-state index in [-0.39, 0.29) is 0 Å². The van der Waals surface area contributed by atoms with E-state index in [1.807, 2.05) is 6.26 Å². The lowest BCUT2D eigenvalue weighted by molar-refractivity contribution is 0.557. The van der Waals surface area contributed by atoms with Crippen molar-refractivity contribution in [3.05, 3.63) is 89.4 Å². The molecule has 0 radical (unpaired) electrons. The molecule has 1 aliphatic rings. The maximum Gasteiger partial charge on any atom is 0.138 e. The van der Waals surface area contributed by atoms with Gasteiger partial charge in [-0.15, -0.1) is 0 Å². The minimum atomic E-state index is -1.30. The molecular weight excluding hydrogens is 380 g/mol. The largest absolute Gasteiger partial charge is 0.463 e. The average molecular weight is 409 g/mol. The van der Waals surface area contributed by atoms with E-state index in [1.54, 1.807) is 0 Å². The van der Waals surface area contributed by atoms with Crippen LogP contribution in [0.3, 0.4) is 0 Å².